The third kappa shape index (κ3) is 2.18. The molecule has 0 amide bonds. The van der Waals surface area contributed by atoms with Crippen LogP contribution < -0.4 is 0 Å². The Balaban J connectivity index is 1.83. The van der Waals surface area contributed by atoms with Gasteiger partial charge in [0.05, 0.1) is 18.3 Å². The van der Waals surface area contributed by atoms with Gasteiger partial charge in [0.1, 0.15) is 0 Å². The molecule has 2 heterocycles. The van der Waals surface area contributed by atoms with Crippen molar-refractivity contribution in [2.24, 2.45) is 0 Å². The van der Waals surface area contributed by atoms with Crippen LogP contribution in [0.25, 0.3) is 11.6 Å². The van der Waals surface area contributed by atoms with E-state index in [9.17, 15) is 5.11 Å². The summed E-state index contributed by atoms with van der Waals surface area (Å²) < 4.78 is 10.5. The van der Waals surface area contributed by atoms with Gasteiger partial charge in [-0.05, 0) is 25.0 Å². The second-order valence-electron chi connectivity index (χ2n) is 4.75. The number of aliphatic hydroxyl groups excluding tert-OH is 1. The van der Waals surface area contributed by atoms with Gasteiger partial charge in [-0.3, -0.25) is 0 Å². The zero-order chi connectivity index (χ0) is 12.4. The molecule has 0 bridgehead atoms. The van der Waals surface area contributed by atoms with Crippen LogP contribution in [-0.2, 0) is 0 Å². The van der Waals surface area contributed by atoms with Gasteiger partial charge >= 0.3 is 0 Å². The van der Waals surface area contributed by atoms with Gasteiger partial charge in [0.25, 0.3) is 0 Å². The highest BCUT2D eigenvalue weighted by Crippen LogP contribution is 2.32. The van der Waals surface area contributed by atoms with E-state index in [1.807, 2.05) is 0 Å². The Kier molecular flexibility index (Phi) is 3.15. The summed E-state index contributed by atoms with van der Waals surface area (Å²) in [5.41, 5.74) is 0. The van der Waals surface area contributed by atoms with Crippen molar-refractivity contribution in [1.82, 2.24) is 10.1 Å². The van der Waals surface area contributed by atoms with Crippen molar-refractivity contribution in [3.05, 3.63) is 24.3 Å². The number of hydrogen-bond acceptors (Lipinski definition) is 5. The summed E-state index contributed by atoms with van der Waals surface area (Å²) in [6, 6.07) is 3.57. The summed E-state index contributed by atoms with van der Waals surface area (Å²) in [7, 11) is 0. The molecule has 1 N–H and O–H groups in total. The van der Waals surface area contributed by atoms with Gasteiger partial charge in [0.2, 0.25) is 11.7 Å². The minimum Gasteiger partial charge on any atom is -0.461 e. The van der Waals surface area contributed by atoms with Crippen molar-refractivity contribution in [2.75, 3.05) is 0 Å². The Morgan fingerprint density at radius 2 is 2.11 bits per heavy atom. The molecule has 2 aromatic heterocycles. The van der Waals surface area contributed by atoms with E-state index in [0.29, 0.717) is 17.5 Å². The maximum atomic E-state index is 10.1. The summed E-state index contributed by atoms with van der Waals surface area (Å²) in [4.78, 5) is 4.34. The Hall–Kier alpha value is -1.62. The van der Waals surface area contributed by atoms with E-state index in [0.717, 1.165) is 32.1 Å². The lowest BCUT2D eigenvalue weighted by Crippen LogP contribution is -2.17. The number of aliphatic hydroxyl groups is 1. The third-order valence-corrected chi connectivity index (χ3v) is 3.48. The van der Waals surface area contributed by atoms with Crippen molar-refractivity contribution >= 4 is 0 Å². The smallest absolute Gasteiger partial charge is 0.238 e. The summed E-state index contributed by atoms with van der Waals surface area (Å²) in [6.07, 6.45) is 6.23. The van der Waals surface area contributed by atoms with E-state index in [1.54, 1.807) is 18.4 Å². The van der Waals surface area contributed by atoms with Gasteiger partial charge in [-0.15, -0.1) is 0 Å². The molecule has 1 fully saturated rings. The molecule has 18 heavy (non-hydrogen) atoms. The van der Waals surface area contributed by atoms with Crippen LogP contribution in [0.2, 0.25) is 0 Å². The molecule has 2 aromatic rings. The molecule has 96 valence electrons. The molecule has 0 saturated heterocycles. The fourth-order valence-corrected chi connectivity index (χ4v) is 2.47. The molecular formula is C13H16N2O3. The standard InChI is InChI=1S/C13H16N2O3/c16-10-6-3-1-2-5-9(10)13-14-12(15-18-13)11-7-4-8-17-11/h4,7-10,16H,1-3,5-6H2. The monoisotopic (exact) mass is 248 g/mol. The third-order valence-electron chi connectivity index (χ3n) is 3.48. The van der Waals surface area contributed by atoms with Crippen LogP contribution in [0.5, 0.6) is 0 Å². The molecule has 5 nitrogen and oxygen atoms in total. The average Bonchev–Trinajstić information content (AvgIpc) is 3.00. The molecule has 0 aliphatic heterocycles. The zero-order valence-corrected chi connectivity index (χ0v) is 10.1. The molecule has 0 spiro atoms. The Labute approximate surface area is 105 Å². The van der Waals surface area contributed by atoms with E-state index < -0.39 is 0 Å². The van der Waals surface area contributed by atoms with Crippen LogP contribution in [0.4, 0.5) is 0 Å². The van der Waals surface area contributed by atoms with Crippen molar-refractivity contribution in [3.8, 4) is 11.6 Å². The second kappa shape index (κ2) is 4.94. The molecule has 3 rings (SSSR count). The van der Waals surface area contributed by atoms with E-state index in [4.69, 9.17) is 8.94 Å². The largest absolute Gasteiger partial charge is 0.461 e. The minimum absolute atomic E-state index is 0.0382. The van der Waals surface area contributed by atoms with Crippen LogP contribution in [-0.4, -0.2) is 21.4 Å². The maximum Gasteiger partial charge on any atom is 0.238 e. The summed E-state index contributed by atoms with van der Waals surface area (Å²) in [5, 5.41) is 14.0. The summed E-state index contributed by atoms with van der Waals surface area (Å²) >= 11 is 0. The molecular weight excluding hydrogens is 232 g/mol. The topological polar surface area (TPSA) is 72.3 Å². The normalized spacial score (nSPS) is 24.9. The number of aromatic nitrogens is 2. The van der Waals surface area contributed by atoms with Gasteiger partial charge in [-0.1, -0.05) is 24.4 Å². The first-order chi connectivity index (χ1) is 8.84. The van der Waals surface area contributed by atoms with E-state index in [1.165, 1.54) is 0 Å². The number of rotatable bonds is 2. The molecule has 5 heteroatoms. The van der Waals surface area contributed by atoms with Crippen LogP contribution >= 0.6 is 0 Å². The van der Waals surface area contributed by atoms with Gasteiger partial charge < -0.3 is 14.0 Å². The molecule has 0 aromatic carbocycles. The number of furan rings is 1. The maximum absolute atomic E-state index is 10.1. The molecule has 1 aliphatic rings. The average molecular weight is 248 g/mol. The van der Waals surface area contributed by atoms with E-state index in [-0.39, 0.29) is 12.0 Å². The Morgan fingerprint density at radius 1 is 1.22 bits per heavy atom. The Morgan fingerprint density at radius 3 is 2.94 bits per heavy atom. The number of hydrogen-bond donors (Lipinski definition) is 1. The number of nitrogens with zero attached hydrogens (tertiary/aromatic N) is 2. The van der Waals surface area contributed by atoms with Crippen LogP contribution in [0.1, 0.15) is 43.9 Å². The van der Waals surface area contributed by atoms with Crippen LogP contribution in [0.15, 0.2) is 27.3 Å². The first-order valence-corrected chi connectivity index (χ1v) is 6.40. The van der Waals surface area contributed by atoms with Crippen LogP contribution in [0.3, 0.4) is 0 Å². The lowest BCUT2D eigenvalue weighted by Gasteiger charge is -2.15. The predicted molar refractivity (Wildman–Crippen MR) is 63.8 cm³/mol. The predicted octanol–water partition coefficient (Wildman–Crippen LogP) is 2.74. The van der Waals surface area contributed by atoms with Crippen molar-refractivity contribution < 1.29 is 14.0 Å². The fraction of sp³-hybridized carbons (Fsp3) is 0.538. The van der Waals surface area contributed by atoms with E-state index >= 15 is 0 Å². The molecule has 2 atom stereocenters. The van der Waals surface area contributed by atoms with Gasteiger partial charge in [-0.2, -0.15) is 4.98 Å². The second-order valence-corrected chi connectivity index (χ2v) is 4.75. The first kappa shape index (κ1) is 11.5. The van der Waals surface area contributed by atoms with Crippen LogP contribution in [0, 0.1) is 0 Å². The SMILES string of the molecule is OC1CCCCCC1c1nc(-c2ccco2)no1. The van der Waals surface area contributed by atoms with Gasteiger partial charge in [-0.25, -0.2) is 0 Å². The first-order valence-electron chi connectivity index (χ1n) is 6.40. The Bertz CT molecular complexity index is 492. The van der Waals surface area contributed by atoms with Crippen molar-refractivity contribution in [1.29, 1.82) is 0 Å². The zero-order valence-electron chi connectivity index (χ0n) is 10.1. The minimum atomic E-state index is -0.377. The molecule has 0 radical (unpaired) electrons. The molecule has 2 unspecified atom stereocenters. The molecule has 1 aliphatic carbocycles. The highest BCUT2D eigenvalue weighted by atomic mass is 16.5. The van der Waals surface area contributed by atoms with Crippen molar-refractivity contribution in [3.63, 3.8) is 0 Å². The van der Waals surface area contributed by atoms with Gasteiger partial charge in [0, 0.05) is 0 Å². The van der Waals surface area contributed by atoms with E-state index in [2.05, 4.69) is 10.1 Å². The highest BCUT2D eigenvalue weighted by Gasteiger charge is 2.28. The fourth-order valence-electron chi connectivity index (χ4n) is 2.47. The summed E-state index contributed by atoms with van der Waals surface area (Å²) in [5.74, 6) is 1.53. The lowest BCUT2D eigenvalue weighted by molar-refractivity contribution is 0.119. The quantitative estimate of drug-likeness (QED) is 0.827. The highest BCUT2D eigenvalue weighted by molar-refractivity contribution is 5.44. The van der Waals surface area contributed by atoms with Gasteiger partial charge in [0.15, 0.2) is 5.76 Å². The van der Waals surface area contributed by atoms with Crippen molar-refractivity contribution in [2.45, 2.75) is 44.1 Å². The molecule has 1 saturated carbocycles. The summed E-state index contributed by atoms with van der Waals surface area (Å²) in [6.45, 7) is 0. The lowest BCUT2D eigenvalue weighted by atomic mass is 9.97.